The monoisotopic (exact) mass is 366 g/mol. The molecule has 0 saturated heterocycles. The second-order valence-corrected chi connectivity index (χ2v) is 6.14. The lowest BCUT2D eigenvalue weighted by Gasteiger charge is -2.19. The third-order valence-electron chi connectivity index (χ3n) is 3.66. The number of nitro groups is 1. The average Bonchev–Trinajstić information content (AvgIpc) is 2.93. The molecule has 1 N–H and O–H groups in total. The van der Waals surface area contributed by atoms with Gasteiger partial charge in [0.1, 0.15) is 5.82 Å². The number of fused-ring (bicyclic) bond motifs is 1. The Kier molecular flexibility index (Phi) is 4.06. The first-order chi connectivity index (χ1) is 10.6. The van der Waals surface area contributed by atoms with Crippen molar-refractivity contribution in [3.8, 4) is 0 Å². The molecule has 0 bridgehead atoms. The number of nitrogens with one attached hydrogen (secondary N) is 1. The Hall–Kier alpha value is -2.03. The summed E-state index contributed by atoms with van der Waals surface area (Å²) in [7, 11) is 0. The number of anilines is 1. The van der Waals surface area contributed by atoms with Crippen LogP contribution in [0.25, 0.3) is 0 Å². The number of aromatic nitrogens is 4. The molecule has 1 unspecified atom stereocenters. The Balaban J connectivity index is 1.87. The van der Waals surface area contributed by atoms with Crippen LogP contribution >= 0.6 is 15.9 Å². The van der Waals surface area contributed by atoms with Crippen LogP contribution in [0.4, 0.5) is 11.5 Å². The molecule has 9 heteroatoms. The van der Waals surface area contributed by atoms with E-state index in [-0.39, 0.29) is 17.5 Å². The molecule has 0 aliphatic carbocycles. The van der Waals surface area contributed by atoms with Gasteiger partial charge in [-0.25, -0.2) is 4.98 Å². The second-order valence-electron chi connectivity index (χ2n) is 5.23. The summed E-state index contributed by atoms with van der Waals surface area (Å²) in [6, 6.07) is 1.22. The highest BCUT2D eigenvalue weighted by molar-refractivity contribution is 9.10. The normalized spacial score (nSPS) is 15.2. The first-order valence-corrected chi connectivity index (χ1v) is 7.84. The van der Waals surface area contributed by atoms with Crippen LogP contribution in [-0.4, -0.2) is 24.7 Å². The molecule has 3 heterocycles. The fraction of sp³-hybridized carbons (Fsp3) is 0.462. The maximum atomic E-state index is 11.1. The third kappa shape index (κ3) is 2.80. The summed E-state index contributed by atoms with van der Waals surface area (Å²) in [4.78, 5) is 14.8. The van der Waals surface area contributed by atoms with Crippen LogP contribution < -0.4 is 5.32 Å². The second kappa shape index (κ2) is 5.99. The molecular formula is C13H15BrN6O2. The minimum atomic E-state index is -0.452. The standard InChI is InChI=1S/C13H15BrN6O2/c1-8(13-18-17-11-4-2-3-5-19(11)13)16-12-10(20(21)22)6-9(14)7-15-12/h6-8H,2-5H2,1H3,(H,15,16). The van der Waals surface area contributed by atoms with E-state index >= 15 is 0 Å². The molecule has 8 nitrogen and oxygen atoms in total. The van der Waals surface area contributed by atoms with Crippen molar-refractivity contribution in [3.63, 3.8) is 0 Å². The molecule has 0 amide bonds. The highest BCUT2D eigenvalue weighted by atomic mass is 79.9. The van der Waals surface area contributed by atoms with E-state index in [1.54, 1.807) is 0 Å². The highest BCUT2D eigenvalue weighted by Gasteiger charge is 2.23. The van der Waals surface area contributed by atoms with Crippen LogP contribution in [0.5, 0.6) is 0 Å². The number of halogens is 1. The van der Waals surface area contributed by atoms with Crippen LogP contribution in [0, 0.1) is 10.1 Å². The fourth-order valence-corrected chi connectivity index (χ4v) is 2.92. The number of hydrogen-bond acceptors (Lipinski definition) is 6. The van der Waals surface area contributed by atoms with Gasteiger partial charge in [0, 0.05) is 29.7 Å². The molecule has 2 aromatic heterocycles. The van der Waals surface area contributed by atoms with Crippen LogP contribution in [0.3, 0.4) is 0 Å². The van der Waals surface area contributed by atoms with Gasteiger partial charge >= 0.3 is 5.69 Å². The van der Waals surface area contributed by atoms with Gasteiger partial charge < -0.3 is 9.88 Å². The van der Waals surface area contributed by atoms with Gasteiger partial charge in [-0.1, -0.05) is 0 Å². The SMILES string of the molecule is CC(Nc1ncc(Br)cc1[N+](=O)[O-])c1nnc2n1CCCC2. The van der Waals surface area contributed by atoms with Gasteiger partial charge in [-0.05, 0) is 35.7 Å². The van der Waals surface area contributed by atoms with Crippen molar-refractivity contribution in [2.75, 3.05) is 5.32 Å². The molecule has 1 aliphatic heterocycles. The topological polar surface area (TPSA) is 98.8 Å². The average molecular weight is 367 g/mol. The van der Waals surface area contributed by atoms with Crippen molar-refractivity contribution < 1.29 is 4.92 Å². The minimum absolute atomic E-state index is 0.0698. The number of hydrogen-bond donors (Lipinski definition) is 1. The van der Waals surface area contributed by atoms with Gasteiger partial charge in [-0.15, -0.1) is 10.2 Å². The van der Waals surface area contributed by atoms with Gasteiger partial charge in [-0.3, -0.25) is 10.1 Å². The van der Waals surface area contributed by atoms with Crippen LogP contribution in [0.15, 0.2) is 16.7 Å². The van der Waals surface area contributed by atoms with Crippen molar-refractivity contribution in [2.45, 2.75) is 38.8 Å². The summed E-state index contributed by atoms with van der Waals surface area (Å²) in [5.74, 6) is 2.00. The van der Waals surface area contributed by atoms with Crippen molar-refractivity contribution >= 4 is 27.4 Å². The number of rotatable bonds is 4. The van der Waals surface area contributed by atoms with E-state index in [4.69, 9.17) is 0 Å². The van der Waals surface area contributed by atoms with E-state index in [1.807, 2.05) is 6.92 Å². The largest absolute Gasteiger partial charge is 0.355 e. The van der Waals surface area contributed by atoms with Gasteiger partial charge in [0.15, 0.2) is 5.82 Å². The van der Waals surface area contributed by atoms with E-state index in [2.05, 4.69) is 41.0 Å². The Morgan fingerprint density at radius 3 is 3.05 bits per heavy atom. The predicted molar refractivity (Wildman–Crippen MR) is 83.6 cm³/mol. The molecule has 2 aromatic rings. The summed E-state index contributed by atoms with van der Waals surface area (Å²) in [6.07, 6.45) is 4.68. The van der Waals surface area contributed by atoms with E-state index < -0.39 is 4.92 Å². The van der Waals surface area contributed by atoms with Gasteiger partial charge in [0.2, 0.25) is 5.82 Å². The van der Waals surface area contributed by atoms with E-state index in [0.717, 1.165) is 37.5 Å². The van der Waals surface area contributed by atoms with Gasteiger partial charge in [-0.2, -0.15) is 0 Å². The van der Waals surface area contributed by atoms with E-state index in [1.165, 1.54) is 12.3 Å². The van der Waals surface area contributed by atoms with Crippen LogP contribution in [0.2, 0.25) is 0 Å². The third-order valence-corrected chi connectivity index (χ3v) is 4.09. The lowest BCUT2D eigenvalue weighted by molar-refractivity contribution is -0.384. The Labute approximate surface area is 135 Å². The van der Waals surface area contributed by atoms with Gasteiger partial charge in [0.05, 0.1) is 11.0 Å². The molecular weight excluding hydrogens is 352 g/mol. The maximum Gasteiger partial charge on any atom is 0.312 e. The van der Waals surface area contributed by atoms with E-state index in [9.17, 15) is 10.1 Å². The quantitative estimate of drug-likeness (QED) is 0.659. The summed E-state index contributed by atoms with van der Waals surface area (Å²) >= 11 is 3.20. The summed E-state index contributed by atoms with van der Waals surface area (Å²) in [5, 5.41) is 22.7. The van der Waals surface area contributed by atoms with Crippen molar-refractivity contribution in [3.05, 3.63) is 38.5 Å². The van der Waals surface area contributed by atoms with Crippen LogP contribution in [-0.2, 0) is 13.0 Å². The molecule has 1 aliphatic rings. The molecule has 0 saturated carbocycles. The van der Waals surface area contributed by atoms with Gasteiger partial charge in [0.25, 0.3) is 0 Å². The first-order valence-electron chi connectivity index (χ1n) is 7.04. The summed E-state index contributed by atoms with van der Waals surface area (Å²) in [6.45, 7) is 2.79. The molecule has 0 fully saturated rings. The molecule has 0 aromatic carbocycles. The van der Waals surface area contributed by atoms with Crippen molar-refractivity contribution in [1.29, 1.82) is 0 Å². The lowest BCUT2D eigenvalue weighted by atomic mass is 10.1. The Morgan fingerprint density at radius 2 is 2.27 bits per heavy atom. The Morgan fingerprint density at radius 1 is 1.45 bits per heavy atom. The van der Waals surface area contributed by atoms with E-state index in [0.29, 0.717) is 4.47 Å². The smallest absolute Gasteiger partial charge is 0.312 e. The Bertz CT molecular complexity index is 717. The summed E-state index contributed by atoms with van der Waals surface area (Å²) < 4.78 is 2.66. The molecule has 116 valence electrons. The molecule has 1 atom stereocenters. The number of pyridine rings is 1. The molecule has 0 spiro atoms. The minimum Gasteiger partial charge on any atom is -0.355 e. The van der Waals surface area contributed by atoms with Crippen LogP contribution in [0.1, 0.15) is 37.5 Å². The first kappa shape index (κ1) is 14.9. The van der Waals surface area contributed by atoms with Crippen molar-refractivity contribution in [2.24, 2.45) is 0 Å². The fourth-order valence-electron chi connectivity index (χ4n) is 2.60. The lowest BCUT2D eigenvalue weighted by Crippen LogP contribution is -2.18. The van der Waals surface area contributed by atoms with Crippen molar-refractivity contribution in [1.82, 2.24) is 19.7 Å². The zero-order chi connectivity index (χ0) is 15.7. The number of nitrogens with zero attached hydrogens (tertiary/aromatic N) is 5. The number of aryl methyl sites for hydroxylation is 1. The molecule has 3 rings (SSSR count). The maximum absolute atomic E-state index is 11.1. The molecule has 0 radical (unpaired) electrons. The predicted octanol–water partition coefficient (Wildman–Crippen LogP) is 2.85. The highest BCUT2D eigenvalue weighted by Crippen LogP contribution is 2.29. The zero-order valence-corrected chi connectivity index (χ0v) is 13.6. The summed E-state index contributed by atoms with van der Waals surface area (Å²) in [5.41, 5.74) is -0.0698. The zero-order valence-electron chi connectivity index (χ0n) is 12.0. The molecule has 22 heavy (non-hydrogen) atoms.